The van der Waals surface area contributed by atoms with Crippen LogP contribution in [0.2, 0.25) is 0 Å². The van der Waals surface area contributed by atoms with Crippen molar-refractivity contribution in [2.75, 3.05) is 0 Å². The fourth-order valence-electron chi connectivity index (χ4n) is 1.16. The van der Waals surface area contributed by atoms with Gasteiger partial charge in [-0.2, -0.15) is 0 Å². The second-order valence-electron chi connectivity index (χ2n) is 3.88. The van der Waals surface area contributed by atoms with E-state index in [4.69, 9.17) is 5.11 Å². The van der Waals surface area contributed by atoms with Gasteiger partial charge in [0.1, 0.15) is 5.54 Å². The van der Waals surface area contributed by atoms with Gasteiger partial charge >= 0.3 is 11.0 Å². The highest BCUT2D eigenvalue weighted by atomic mass is 32.1. The molecular weight excluding hydrogens is 260 g/mol. The van der Waals surface area contributed by atoms with Gasteiger partial charge < -0.3 is 10.4 Å². The molecule has 0 fully saturated rings. The summed E-state index contributed by atoms with van der Waals surface area (Å²) in [6.07, 6.45) is 0.209. The number of amides is 1. The number of nitrogens with one attached hydrogen (secondary N) is 1. The molecule has 1 atom stereocenters. The Hall–Kier alpha value is -1.96. The largest absolute Gasteiger partial charge is 0.480 e. The predicted molar refractivity (Wildman–Crippen MR) is 64.8 cm³/mol. The highest BCUT2D eigenvalue weighted by Crippen LogP contribution is 2.23. The van der Waals surface area contributed by atoms with E-state index in [1.54, 1.807) is 6.92 Å². The number of carbonyl (C=O) groups is 2. The number of nitrogens with zero attached hydrogens (tertiary/aromatic N) is 1. The number of aliphatic carboxylic acids is 1. The van der Waals surface area contributed by atoms with E-state index in [0.717, 1.165) is 17.4 Å². The molecule has 0 saturated carbocycles. The van der Waals surface area contributed by atoms with E-state index in [-0.39, 0.29) is 17.0 Å². The lowest BCUT2D eigenvalue weighted by atomic mass is 9.99. The van der Waals surface area contributed by atoms with Gasteiger partial charge in [-0.05, 0) is 13.3 Å². The van der Waals surface area contributed by atoms with Crippen LogP contribution in [-0.4, -0.2) is 27.4 Å². The summed E-state index contributed by atoms with van der Waals surface area (Å²) in [6.45, 7) is 3.01. The molecule has 0 spiro atoms. The van der Waals surface area contributed by atoms with Gasteiger partial charge in [0, 0.05) is 11.4 Å². The Kier molecular flexibility index (Phi) is 4.02. The summed E-state index contributed by atoms with van der Waals surface area (Å²) < 4.78 is 0. The molecule has 0 aliphatic carbocycles. The highest BCUT2D eigenvalue weighted by Gasteiger charge is 2.33. The Morgan fingerprint density at radius 1 is 1.61 bits per heavy atom. The van der Waals surface area contributed by atoms with Gasteiger partial charge in [-0.15, -0.1) is 0 Å². The van der Waals surface area contributed by atoms with Crippen LogP contribution in [0.25, 0.3) is 0 Å². The normalized spacial score (nSPS) is 13.7. The molecule has 0 aliphatic rings. The van der Waals surface area contributed by atoms with Crippen LogP contribution in [0.4, 0.5) is 5.00 Å². The summed E-state index contributed by atoms with van der Waals surface area (Å²) in [5.74, 6) is -1.78. The van der Waals surface area contributed by atoms with E-state index >= 15 is 0 Å². The standard InChI is InChI=1S/C10H12N2O5S/c1-3-10(2,9(14)15)11-8(13)6-4-7(12(16)17)18-5-6/h4-5H,3H2,1-2H3,(H,11,13)(H,14,15). The van der Waals surface area contributed by atoms with Crippen LogP contribution >= 0.6 is 11.3 Å². The third-order valence-corrected chi connectivity index (χ3v) is 3.48. The minimum atomic E-state index is -1.38. The summed E-state index contributed by atoms with van der Waals surface area (Å²) in [5, 5.41) is 23.0. The fourth-order valence-corrected chi connectivity index (χ4v) is 1.86. The molecule has 1 unspecified atom stereocenters. The van der Waals surface area contributed by atoms with Gasteiger partial charge in [0.2, 0.25) is 0 Å². The van der Waals surface area contributed by atoms with Crippen molar-refractivity contribution in [2.45, 2.75) is 25.8 Å². The van der Waals surface area contributed by atoms with Crippen molar-refractivity contribution in [2.24, 2.45) is 0 Å². The quantitative estimate of drug-likeness (QED) is 0.625. The number of nitro groups is 1. The monoisotopic (exact) mass is 272 g/mol. The number of hydrogen-bond acceptors (Lipinski definition) is 5. The molecule has 0 aliphatic heterocycles. The van der Waals surface area contributed by atoms with E-state index in [1.165, 1.54) is 12.3 Å². The van der Waals surface area contributed by atoms with Crippen LogP contribution in [0.15, 0.2) is 11.4 Å². The zero-order chi connectivity index (χ0) is 13.9. The van der Waals surface area contributed by atoms with Crippen LogP contribution in [0, 0.1) is 10.1 Å². The molecule has 1 amide bonds. The molecule has 8 heteroatoms. The summed E-state index contributed by atoms with van der Waals surface area (Å²) in [7, 11) is 0. The Bertz CT molecular complexity index is 498. The van der Waals surface area contributed by atoms with Crippen LogP contribution in [-0.2, 0) is 4.79 Å². The van der Waals surface area contributed by atoms with E-state index in [2.05, 4.69) is 5.32 Å². The third kappa shape index (κ3) is 2.83. The van der Waals surface area contributed by atoms with Crippen molar-refractivity contribution in [1.29, 1.82) is 0 Å². The molecule has 1 aromatic heterocycles. The number of carboxylic acid groups (broad SMARTS) is 1. The van der Waals surface area contributed by atoms with E-state index in [1.807, 2.05) is 0 Å². The first kappa shape index (κ1) is 14.1. The molecule has 0 radical (unpaired) electrons. The second-order valence-corrected chi connectivity index (χ2v) is 4.77. The van der Waals surface area contributed by atoms with Gasteiger partial charge in [-0.3, -0.25) is 14.9 Å². The maximum Gasteiger partial charge on any atom is 0.329 e. The molecule has 0 bridgehead atoms. The zero-order valence-electron chi connectivity index (χ0n) is 9.80. The number of hydrogen-bond donors (Lipinski definition) is 2. The SMILES string of the molecule is CCC(C)(NC(=O)c1csc([N+](=O)[O-])c1)C(=O)O. The first-order valence-electron chi connectivity index (χ1n) is 5.09. The van der Waals surface area contributed by atoms with Crippen molar-refractivity contribution in [3.63, 3.8) is 0 Å². The molecule has 18 heavy (non-hydrogen) atoms. The molecule has 1 aromatic rings. The van der Waals surface area contributed by atoms with Gasteiger partial charge in [0.05, 0.1) is 10.5 Å². The Morgan fingerprint density at radius 3 is 2.61 bits per heavy atom. The molecule has 98 valence electrons. The van der Waals surface area contributed by atoms with Crippen molar-refractivity contribution in [1.82, 2.24) is 5.32 Å². The number of thiophene rings is 1. The van der Waals surface area contributed by atoms with Crippen LogP contribution in [0.3, 0.4) is 0 Å². The van der Waals surface area contributed by atoms with E-state index in [9.17, 15) is 19.7 Å². The van der Waals surface area contributed by atoms with Gasteiger partial charge in [-0.25, -0.2) is 4.79 Å². The maximum atomic E-state index is 11.8. The average Bonchev–Trinajstić information content (AvgIpc) is 2.77. The molecule has 0 aromatic carbocycles. The minimum absolute atomic E-state index is 0.0904. The van der Waals surface area contributed by atoms with E-state index < -0.39 is 22.3 Å². The fraction of sp³-hybridized carbons (Fsp3) is 0.400. The van der Waals surface area contributed by atoms with Crippen LogP contribution < -0.4 is 5.32 Å². The number of carboxylic acids is 1. The average molecular weight is 272 g/mol. The smallest absolute Gasteiger partial charge is 0.329 e. The topological polar surface area (TPSA) is 110 Å². The molecule has 2 N–H and O–H groups in total. The Morgan fingerprint density at radius 2 is 2.22 bits per heavy atom. The van der Waals surface area contributed by atoms with Gasteiger partial charge in [0.15, 0.2) is 0 Å². The molecule has 1 heterocycles. The van der Waals surface area contributed by atoms with E-state index in [0.29, 0.717) is 0 Å². The van der Waals surface area contributed by atoms with Crippen LogP contribution in [0.1, 0.15) is 30.6 Å². The molecule has 1 rings (SSSR count). The predicted octanol–water partition coefficient (Wildman–Crippen LogP) is 1.64. The van der Waals surface area contributed by atoms with Crippen molar-refractivity contribution in [3.8, 4) is 0 Å². The first-order chi connectivity index (χ1) is 8.30. The lowest BCUT2D eigenvalue weighted by molar-refractivity contribution is -0.380. The summed E-state index contributed by atoms with van der Waals surface area (Å²) in [4.78, 5) is 32.7. The van der Waals surface area contributed by atoms with Crippen molar-refractivity contribution >= 4 is 28.2 Å². The lowest BCUT2D eigenvalue weighted by Crippen LogP contribution is -2.51. The molecule has 0 saturated heterocycles. The summed E-state index contributed by atoms with van der Waals surface area (Å²) in [6, 6.07) is 1.12. The Labute approximate surface area is 107 Å². The second kappa shape index (κ2) is 5.13. The van der Waals surface area contributed by atoms with Gasteiger partial charge in [0.25, 0.3) is 5.91 Å². The highest BCUT2D eigenvalue weighted by molar-refractivity contribution is 7.13. The number of rotatable bonds is 5. The summed E-state index contributed by atoms with van der Waals surface area (Å²) in [5.41, 5.74) is -1.29. The van der Waals surface area contributed by atoms with Gasteiger partial charge in [-0.1, -0.05) is 18.3 Å². The molecule has 7 nitrogen and oxygen atoms in total. The third-order valence-electron chi connectivity index (χ3n) is 2.60. The molecular formula is C10H12N2O5S. The van der Waals surface area contributed by atoms with Crippen molar-refractivity contribution < 1.29 is 19.6 Å². The lowest BCUT2D eigenvalue weighted by Gasteiger charge is -2.24. The zero-order valence-corrected chi connectivity index (χ0v) is 10.6. The first-order valence-corrected chi connectivity index (χ1v) is 5.97. The number of carbonyl (C=O) groups excluding carboxylic acids is 1. The maximum absolute atomic E-state index is 11.8. The van der Waals surface area contributed by atoms with Crippen molar-refractivity contribution in [3.05, 3.63) is 27.1 Å². The minimum Gasteiger partial charge on any atom is -0.480 e. The Balaban J connectivity index is 2.88. The summed E-state index contributed by atoms with van der Waals surface area (Å²) >= 11 is 0.821. The van der Waals surface area contributed by atoms with Crippen LogP contribution in [0.5, 0.6) is 0 Å².